The molecule has 0 spiro atoms. The molecule has 116 valence electrons. The molecule has 2 aromatic heterocycles. The van der Waals surface area contributed by atoms with E-state index >= 15 is 0 Å². The molecule has 0 fully saturated rings. The molecule has 0 saturated carbocycles. The molecule has 0 aliphatic heterocycles. The zero-order valence-electron chi connectivity index (χ0n) is 12.9. The van der Waals surface area contributed by atoms with Crippen LogP contribution >= 0.6 is 11.6 Å². The molecule has 6 nitrogen and oxygen atoms in total. The number of pyridine rings is 1. The number of aromatic amines is 1. The van der Waals surface area contributed by atoms with E-state index in [1.54, 1.807) is 24.5 Å². The SMILES string of the molecule is O=C([O-])CNc1n[nH]c(-c2ccc(Cl)cc2)c1-c1ccncc1.[Li+]. The monoisotopic (exact) mass is 334 g/mol. The van der Waals surface area contributed by atoms with E-state index in [0.29, 0.717) is 10.8 Å². The summed E-state index contributed by atoms with van der Waals surface area (Å²) in [6.45, 7) is -0.330. The average Bonchev–Trinajstić information content (AvgIpc) is 2.98. The summed E-state index contributed by atoms with van der Waals surface area (Å²) >= 11 is 5.93. The molecule has 2 N–H and O–H groups in total. The van der Waals surface area contributed by atoms with Gasteiger partial charge in [0.05, 0.1) is 23.8 Å². The maximum atomic E-state index is 10.7. The van der Waals surface area contributed by atoms with Crippen LogP contribution in [0.4, 0.5) is 5.82 Å². The number of carboxylic acids is 1. The topological polar surface area (TPSA) is 93.7 Å². The van der Waals surface area contributed by atoms with Crippen molar-refractivity contribution >= 4 is 23.4 Å². The van der Waals surface area contributed by atoms with Gasteiger partial charge in [0.15, 0.2) is 5.82 Å². The van der Waals surface area contributed by atoms with Crippen LogP contribution in [-0.2, 0) is 4.79 Å². The molecule has 0 aliphatic carbocycles. The molecular weight excluding hydrogens is 323 g/mol. The number of carboxylic acid groups (broad SMARTS) is 1. The number of nitrogens with one attached hydrogen (secondary N) is 2. The molecule has 0 saturated heterocycles. The number of carbonyl (C=O) groups excluding carboxylic acids is 1. The first kappa shape index (κ1) is 18.1. The Balaban J connectivity index is 0.00000208. The summed E-state index contributed by atoms with van der Waals surface area (Å²) in [7, 11) is 0. The molecule has 0 bridgehead atoms. The van der Waals surface area contributed by atoms with Crippen molar-refractivity contribution in [2.45, 2.75) is 0 Å². The number of hydrogen-bond donors (Lipinski definition) is 2. The molecule has 0 aliphatic rings. The van der Waals surface area contributed by atoms with Gasteiger partial charge < -0.3 is 15.2 Å². The summed E-state index contributed by atoms with van der Waals surface area (Å²) in [4.78, 5) is 14.7. The first-order valence-electron chi connectivity index (χ1n) is 6.83. The average molecular weight is 335 g/mol. The number of aliphatic carboxylic acids is 1. The van der Waals surface area contributed by atoms with E-state index in [-0.39, 0.29) is 25.4 Å². The third-order valence-corrected chi connectivity index (χ3v) is 3.52. The van der Waals surface area contributed by atoms with Crippen molar-refractivity contribution in [3.8, 4) is 22.4 Å². The predicted molar refractivity (Wildman–Crippen MR) is 85.8 cm³/mol. The number of rotatable bonds is 5. The second-order valence-corrected chi connectivity index (χ2v) is 5.23. The van der Waals surface area contributed by atoms with Gasteiger partial charge >= 0.3 is 18.9 Å². The van der Waals surface area contributed by atoms with Gasteiger partial charge in [0.25, 0.3) is 0 Å². The van der Waals surface area contributed by atoms with Crippen LogP contribution in [0.3, 0.4) is 0 Å². The van der Waals surface area contributed by atoms with Gasteiger partial charge in [-0.1, -0.05) is 23.7 Å². The van der Waals surface area contributed by atoms with E-state index in [0.717, 1.165) is 22.4 Å². The second-order valence-electron chi connectivity index (χ2n) is 4.79. The Labute approximate surface area is 155 Å². The van der Waals surface area contributed by atoms with Crippen molar-refractivity contribution in [2.24, 2.45) is 0 Å². The molecule has 2 heterocycles. The summed E-state index contributed by atoms with van der Waals surface area (Å²) in [5, 5.41) is 21.2. The van der Waals surface area contributed by atoms with Crippen LogP contribution in [-0.4, -0.2) is 27.7 Å². The van der Waals surface area contributed by atoms with Crippen molar-refractivity contribution in [1.29, 1.82) is 0 Å². The Kier molecular flexibility index (Phi) is 6.04. The third-order valence-electron chi connectivity index (χ3n) is 3.27. The van der Waals surface area contributed by atoms with E-state index in [9.17, 15) is 9.90 Å². The van der Waals surface area contributed by atoms with E-state index in [4.69, 9.17) is 11.6 Å². The van der Waals surface area contributed by atoms with Crippen molar-refractivity contribution in [1.82, 2.24) is 15.2 Å². The van der Waals surface area contributed by atoms with E-state index in [1.165, 1.54) is 0 Å². The molecule has 3 rings (SSSR count). The van der Waals surface area contributed by atoms with Crippen LogP contribution in [0, 0.1) is 0 Å². The molecule has 0 unspecified atom stereocenters. The number of anilines is 1. The van der Waals surface area contributed by atoms with Gasteiger partial charge in [0.2, 0.25) is 0 Å². The quantitative estimate of drug-likeness (QED) is 0.581. The fourth-order valence-electron chi connectivity index (χ4n) is 2.25. The Hall–Kier alpha value is -2.26. The van der Waals surface area contributed by atoms with Crippen LogP contribution in [0.2, 0.25) is 5.02 Å². The normalized spacial score (nSPS) is 10.0. The van der Waals surface area contributed by atoms with Crippen LogP contribution < -0.4 is 29.3 Å². The molecule has 8 heteroatoms. The molecular formula is C16H12ClLiN4O2. The van der Waals surface area contributed by atoms with Gasteiger partial charge in [0.1, 0.15) is 0 Å². The zero-order valence-corrected chi connectivity index (χ0v) is 13.7. The minimum Gasteiger partial charge on any atom is -0.548 e. The second kappa shape index (κ2) is 8.02. The van der Waals surface area contributed by atoms with E-state index in [2.05, 4.69) is 20.5 Å². The van der Waals surface area contributed by atoms with Crippen LogP contribution in [0.15, 0.2) is 48.8 Å². The van der Waals surface area contributed by atoms with Crippen LogP contribution in [0.1, 0.15) is 0 Å². The molecule has 3 aromatic rings. The van der Waals surface area contributed by atoms with Gasteiger partial charge in [-0.15, -0.1) is 0 Å². The molecule has 0 radical (unpaired) electrons. The number of halogens is 1. The minimum absolute atomic E-state index is 0. The fourth-order valence-corrected chi connectivity index (χ4v) is 2.38. The zero-order chi connectivity index (χ0) is 16.2. The van der Waals surface area contributed by atoms with Crippen molar-refractivity contribution in [3.63, 3.8) is 0 Å². The third kappa shape index (κ3) is 3.98. The van der Waals surface area contributed by atoms with Gasteiger partial charge in [-0.05, 0) is 29.8 Å². The van der Waals surface area contributed by atoms with Crippen LogP contribution in [0.25, 0.3) is 22.4 Å². The summed E-state index contributed by atoms with van der Waals surface area (Å²) < 4.78 is 0. The minimum atomic E-state index is -1.21. The van der Waals surface area contributed by atoms with Gasteiger partial charge in [-0.3, -0.25) is 10.1 Å². The predicted octanol–water partition coefficient (Wildman–Crippen LogP) is -1.04. The van der Waals surface area contributed by atoms with Crippen molar-refractivity contribution in [3.05, 3.63) is 53.8 Å². The van der Waals surface area contributed by atoms with Crippen molar-refractivity contribution in [2.75, 3.05) is 11.9 Å². The number of benzene rings is 1. The largest absolute Gasteiger partial charge is 1.00 e. The summed E-state index contributed by atoms with van der Waals surface area (Å²) in [5.74, 6) is -0.771. The van der Waals surface area contributed by atoms with Gasteiger partial charge in [-0.25, -0.2) is 0 Å². The van der Waals surface area contributed by atoms with Crippen LogP contribution in [0.5, 0.6) is 0 Å². The standard InChI is InChI=1S/C16H13ClN4O2.Li/c17-12-3-1-11(2-4-12)15-14(10-5-7-18-8-6-10)16(21-20-15)19-9-13(22)23;/h1-8H,9H2,(H,22,23)(H2,19,20,21);/q;+1/p-1. The summed E-state index contributed by atoms with van der Waals surface area (Å²) in [5.41, 5.74) is 3.26. The molecule has 24 heavy (non-hydrogen) atoms. The maximum absolute atomic E-state index is 10.7. The summed E-state index contributed by atoms with van der Waals surface area (Å²) in [6, 6.07) is 10.9. The van der Waals surface area contributed by atoms with E-state index in [1.807, 2.05) is 24.3 Å². The number of aromatic nitrogens is 3. The van der Waals surface area contributed by atoms with E-state index < -0.39 is 5.97 Å². The maximum Gasteiger partial charge on any atom is 1.00 e. The van der Waals surface area contributed by atoms with Gasteiger partial charge in [-0.2, -0.15) is 5.10 Å². The Morgan fingerprint density at radius 1 is 1.12 bits per heavy atom. The Morgan fingerprint density at radius 2 is 1.79 bits per heavy atom. The number of carbonyl (C=O) groups is 1. The Morgan fingerprint density at radius 3 is 2.42 bits per heavy atom. The fraction of sp³-hybridized carbons (Fsp3) is 0.0625. The first-order valence-corrected chi connectivity index (χ1v) is 7.21. The number of nitrogens with zero attached hydrogens (tertiary/aromatic N) is 2. The molecule has 0 atom stereocenters. The molecule has 0 amide bonds. The molecule has 1 aromatic carbocycles. The Bertz CT molecular complexity index is 822. The number of hydrogen-bond acceptors (Lipinski definition) is 5. The smallest absolute Gasteiger partial charge is 0.548 e. The van der Waals surface area contributed by atoms with Crippen molar-refractivity contribution < 1.29 is 28.8 Å². The number of H-pyrrole nitrogens is 1. The van der Waals surface area contributed by atoms with Gasteiger partial charge in [0, 0.05) is 23.0 Å². The first-order chi connectivity index (χ1) is 11.1. The summed E-state index contributed by atoms with van der Waals surface area (Å²) in [6.07, 6.45) is 3.33.